The Morgan fingerprint density at radius 3 is 1.73 bits per heavy atom. The van der Waals surface area contributed by atoms with Crippen LogP contribution in [0.5, 0.6) is 0 Å². The number of hydrogen-bond acceptors (Lipinski definition) is 0. The maximum atomic E-state index is 2.32. The molecular weight excluding hydrogens is 224 g/mol. The summed E-state index contributed by atoms with van der Waals surface area (Å²) in [6.45, 7) is 6.32. The van der Waals surface area contributed by atoms with Crippen molar-refractivity contribution < 1.29 is 13.9 Å². The zero-order valence-corrected chi connectivity index (χ0v) is 11.0. The van der Waals surface area contributed by atoms with Gasteiger partial charge in [0.05, 0.1) is 0 Å². The molecule has 2 aliphatic carbocycles. The van der Waals surface area contributed by atoms with Gasteiger partial charge >= 0.3 is 84.4 Å². The van der Waals surface area contributed by atoms with Crippen LogP contribution >= 0.6 is 0 Å². The van der Waals surface area contributed by atoms with E-state index in [9.17, 15) is 0 Å². The molecule has 0 bridgehead atoms. The third kappa shape index (κ3) is 3.22. The van der Waals surface area contributed by atoms with Crippen molar-refractivity contribution in [1.82, 2.24) is 0 Å². The van der Waals surface area contributed by atoms with Crippen molar-refractivity contribution in [1.29, 1.82) is 0 Å². The van der Waals surface area contributed by atoms with Gasteiger partial charge < -0.3 is 0 Å². The van der Waals surface area contributed by atoms with Gasteiger partial charge in [-0.15, -0.1) is 0 Å². The van der Waals surface area contributed by atoms with E-state index in [1.165, 1.54) is 18.2 Å². The van der Waals surface area contributed by atoms with Crippen molar-refractivity contribution in [2.24, 2.45) is 0 Å². The van der Waals surface area contributed by atoms with Crippen LogP contribution in [0.2, 0.25) is 5.32 Å². The van der Waals surface area contributed by atoms with Crippen LogP contribution in [0.4, 0.5) is 0 Å². The van der Waals surface area contributed by atoms with Gasteiger partial charge in [-0.1, -0.05) is 13.8 Å². The number of rotatable bonds is 3. The third-order valence-electron chi connectivity index (χ3n) is 2.23. The van der Waals surface area contributed by atoms with E-state index in [4.69, 9.17) is 0 Å². The predicted molar refractivity (Wildman–Crippen MR) is 65.5 cm³/mol. The zero-order valence-electron chi connectivity index (χ0n) is 9.94. The van der Waals surface area contributed by atoms with E-state index in [1.807, 2.05) is 13.8 Å². The molecule has 0 unspecified atom stereocenters. The van der Waals surface area contributed by atoms with E-state index in [0.29, 0.717) is 0 Å². The van der Waals surface area contributed by atoms with Gasteiger partial charge in [-0.2, -0.15) is 0 Å². The molecule has 0 heterocycles. The van der Waals surface area contributed by atoms with Gasteiger partial charge in [0.2, 0.25) is 0 Å². The van der Waals surface area contributed by atoms with Crippen molar-refractivity contribution in [2.75, 3.05) is 0 Å². The van der Waals surface area contributed by atoms with Crippen molar-refractivity contribution >= 4 is 0 Å². The summed E-state index contributed by atoms with van der Waals surface area (Å²) >= 11 is -0.153. The molecule has 0 aliphatic heterocycles. The van der Waals surface area contributed by atoms with Gasteiger partial charge in [-0.05, 0) is 0 Å². The van der Waals surface area contributed by atoms with Crippen LogP contribution in [-0.4, -0.2) is 0 Å². The first kappa shape index (κ1) is 12.5. The molecule has 0 aromatic rings. The molecule has 0 spiro atoms. The molecule has 0 amide bonds. The molecule has 2 rings (SSSR count). The Kier molecular flexibility index (Phi) is 5.75. The van der Waals surface area contributed by atoms with Crippen molar-refractivity contribution in [3.8, 4) is 0 Å². The first-order valence-electron chi connectivity index (χ1n) is 5.74. The van der Waals surface area contributed by atoms with Gasteiger partial charge in [0.15, 0.2) is 0 Å². The molecule has 0 nitrogen and oxygen atoms in total. The van der Waals surface area contributed by atoms with Crippen LogP contribution in [0, 0.1) is 0 Å². The van der Waals surface area contributed by atoms with Gasteiger partial charge in [0, 0.05) is 0 Å². The van der Waals surface area contributed by atoms with Gasteiger partial charge in [0.1, 0.15) is 0 Å². The molecule has 0 aromatic heterocycles. The van der Waals surface area contributed by atoms with Gasteiger partial charge in [-0.25, -0.2) is 0 Å². The topological polar surface area (TPSA) is 0 Å². The third-order valence-corrected chi connectivity index (χ3v) is 5.54. The maximum absolute atomic E-state index is 2.32. The SMILES string of the molecule is CC.C[CH2][Fe]([C]1=CC=CC1)[C]1=CC=CC1. The van der Waals surface area contributed by atoms with E-state index in [1.54, 1.807) is 8.94 Å². The average molecular weight is 245 g/mol. The van der Waals surface area contributed by atoms with Crippen LogP contribution in [0.15, 0.2) is 45.4 Å². The second-order valence-corrected chi connectivity index (χ2v) is 6.30. The molecule has 85 valence electrons. The molecule has 1 heteroatoms. The summed E-state index contributed by atoms with van der Waals surface area (Å²) in [7, 11) is 0. The van der Waals surface area contributed by atoms with Gasteiger partial charge in [0.25, 0.3) is 0 Å². The zero-order chi connectivity index (χ0) is 11.1. The van der Waals surface area contributed by atoms with E-state index in [2.05, 4.69) is 43.4 Å². The number of hydrogen-bond donors (Lipinski definition) is 0. The molecule has 0 atom stereocenters. The fraction of sp³-hybridized carbons (Fsp3) is 0.429. The van der Waals surface area contributed by atoms with E-state index < -0.39 is 0 Å². The monoisotopic (exact) mass is 245 g/mol. The Bertz CT molecular complexity index is 275. The Balaban J connectivity index is 0.000000531. The molecule has 0 saturated heterocycles. The standard InChI is InChI=1S/2C5H5.C2H6.C2H5.Fe/c2*1-2-4-5-3-1;2*1-2;/h2*1-3H,4H2;1-2H3;1H2,2H3;. The second kappa shape index (κ2) is 6.87. The Labute approximate surface area is 98.3 Å². The first-order valence-corrected chi connectivity index (χ1v) is 7.63. The quantitative estimate of drug-likeness (QED) is 0.629. The summed E-state index contributed by atoms with van der Waals surface area (Å²) in [4.78, 5) is 0. The number of allylic oxidation sites excluding steroid dienone is 8. The first-order chi connectivity index (χ1) is 7.42. The Morgan fingerprint density at radius 1 is 1.00 bits per heavy atom. The van der Waals surface area contributed by atoms with E-state index >= 15 is 0 Å². The van der Waals surface area contributed by atoms with Crippen LogP contribution in [0.25, 0.3) is 0 Å². The molecule has 0 N–H and O–H groups in total. The molecule has 0 fully saturated rings. The molecule has 0 saturated carbocycles. The average Bonchev–Trinajstić information content (AvgIpc) is 2.94. The Morgan fingerprint density at radius 2 is 1.47 bits per heavy atom. The van der Waals surface area contributed by atoms with Gasteiger partial charge in [-0.3, -0.25) is 0 Å². The van der Waals surface area contributed by atoms with Crippen LogP contribution in [0.3, 0.4) is 0 Å². The summed E-state index contributed by atoms with van der Waals surface area (Å²) in [6.07, 6.45) is 16.0. The normalized spacial score (nSPS) is 18.2. The van der Waals surface area contributed by atoms with Crippen LogP contribution in [-0.2, 0) is 13.9 Å². The van der Waals surface area contributed by atoms with E-state index in [-0.39, 0.29) is 13.9 Å². The molecule has 15 heavy (non-hydrogen) atoms. The molecular formula is C14H21Fe. The second-order valence-electron chi connectivity index (χ2n) is 3.05. The van der Waals surface area contributed by atoms with Crippen molar-refractivity contribution in [3.05, 3.63) is 45.4 Å². The summed E-state index contributed by atoms with van der Waals surface area (Å²) in [5.74, 6) is 0. The fourth-order valence-electron chi connectivity index (χ4n) is 1.62. The fourth-order valence-corrected chi connectivity index (χ4v) is 4.53. The minimum absolute atomic E-state index is 0.153. The summed E-state index contributed by atoms with van der Waals surface area (Å²) in [5, 5.41) is 1.32. The summed E-state index contributed by atoms with van der Waals surface area (Å²) in [5.41, 5.74) is 0. The predicted octanol–water partition coefficient (Wildman–Crippen LogP) is 4.76. The summed E-state index contributed by atoms with van der Waals surface area (Å²) in [6, 6.07) is 0. The molecule has 0 radical (unpaired) electrons. The Hall–Kier alpha value is -0.521. The molecule has 2 aliphatic rings. The molecule has 0 aromatic carbocycles. The van der Waals surface area contributed by atoms with Crippen molar-refractivity contribution in [3.63, 3.8) is 0 Å². The summed E-state index contributed by atoms with van der Waals surface area (Å²) < 4.78 is 3.36. The minimum atomic E-state index is -0.153. The van der Waals surface area contributed by atoms with Crippen molar-refractivity contribution in [2.45, 2.75) is 38.9 Å². The van der Waals surface area contributed by atoms with Crippen LogP contribution < -0.4 is 0 Å². The van der Waals surface area contributed by atoms with Crippen LogP contribution in [0.1, 0.15) is 33.6 Å². The van der Waals surface area contributed by atoms with E-state index in [0.717, 1.165) is 0 Å².